The number of aryl methyl sites for hydroxylation is 1. The van der Waals surface area contributed by atoms with Gasteiger partial charge in [0.2, 0.25) is 0 Å². The summed E-state index contributed by atoms with van der Waals surface area (Å²) in [4.78, 5) is 11.5. The number of hydrogen-bond acceptors (Lipinski definition) is 5. The zero-order chi connectivity index (χ0) is 18.4. The van der Waals surface area contributed by atoms with E-state index < -0.39 is 0 Å². The molecule has 2 aromatic carbocycles. The Morgan fingerprint density at radius 3 is 2.46 bits per heavy atom. The number of carbonyl (C=O) groups is 1. The molecule has 0 aliphatic heterocycles. The van der Waals surface area contributed by atoms with Crippen LogP contribution in [0.5, 0.6) is 11.5 Å². The van der Waals surface area contributed by atoms with Gasteiger partial charge >= 0.3 is 0 Å². The van der Waals surface area contributed by atoms with Crippen molar-refractivity contribution in [2.75, 3.05) is 12.4 Å². The molecule has 6 heteroatoms. The van der Waals surface area contributed by atoms with E-state index in [1.807, 2.05) is 55.5 Å². The van der Waals surface area contributed by atoms with Crippen LogP contribution >= 0.6 is 0 Å². The van der Waals surface area contributed by atoms with Gasteiger partial charge in [-0.2, -0.15) is 0 Å². The van der Waals surface area contributed by atoms with Gasteiger partial charge in [-0.3, -0.25) is 4.79 Å². The normalized spacial score (nSPS) is 10.2. The summed E-state index contributed by atoms with van der Waals surface area (Å²) in [6, 6.07) is 19.1. The molecule has 0 bridgehead atoms. The fraction of sp³-hybridized carbons (Fsp3) is 0.150. The van der Waals surface area contributed by atoms with Crippen molar-refractivity contribution in [1.82, 2.24) is 15.5 Å². The molecule has 2 N–H and O–H groups in total. The zero-order valence-corrected chi connectivity index (χ0v) is 14.7. The number of amides is 1. The molecular formula is C20H20N4O2. The third-order valence-electron chi connectivity index (χ3n) is 3.81. The lowest BCUT2D eigenvalue weighted by atomic mass is 10.2. The maximum Gasteiger partial charge on any atom is 0.271 e. The summed E-state index contributed by atoms with van der Waals surface area (Å²) in [5.74, 6) is 1.89. The number of carbonyl (C=O) groups excluding carboxylic acids is 1. The van der Waals surface area contributed by atoms with Crippen LogP contribution in [0, 0.1) is 6.92 Å². The highest BCUT2D eigenvalue weighted by Crippen LogP contribution is 2.26. The molecule has 26 heavy (non-hydrogen) atoms. The number of rotatable bonds is 6. The van der Waals surface area contributed by atoms with Crippen molar-refractivity contribution in [1.29, 1.82) is 0 Å². The fourth-order valence-electron chi connectivity index (χ4n) is 2.34. The van der Waals surface area contributed by atoms with Crippen LogP contribution in [0.25, 0.3) is 0 Å². The average molecular weight is 348 g/mol. The van der Waals surface area contributed by atoms with Crippen LogP contribution in [0.2, 0.25) is 0 Å². The molecule has 0 spiro atoms. The molecule has 3 aromatic rings. The lowest BCUT2D eigenvalue weighted by molar-refractivity contribution is 0.0957. The van der Waals surface area contributed by atoms with Crippen molar-refractivity contribution in [3.63, 3.8) is 0 Å². The molecule has 0 aliphatic rings. The zero-order valence-electron chi connectivity index (χ0n) is 14.7. The predicted octanol–water partition coefficient (Wildman–Crippen LogP) is 3.55. The minimum atomic E-state index is -0.263. The quantitative estimate of drug-likeness (QED) is 0.712. The number of hydrogen-bond donors (Lipinski definition) is 2. The van der Waals surface area contributed by atoms with Gasteiger partial charge in [-0.1, -0.05) is 35.9 Å². The highest BCUT2D eigenvalue weighted by atomic mass is 16.5. The molecule has 1 aromatic heterocycles. The van der Waals surface area contributed by atoms with Gasteiger partial charge in [-0.25, -0.2) is 0 Å². The van der Waals surface area contributed by atoms with Crippen LogP contribution in [0.1, 0.15) is 21.6 Å². The van der Waals surface area contributed by atoms with Crippen molar-refractivity contribution in [3.05, 3.63) is 77.5 Å². The monoisotopic (exact) mass is 348 g/mol. The Labute approximate surface area is 152 Å². The van der Waals surface area contributed by atoms with E-state index in [1.54, 1.807) is 19.2 Å². The summed E-state index contributed by atoms with van der Waals surface area (Å²) in [6.07, 6.45) is 0. The Hall–Kier alpha value is -3.41. The van der Waals surface area contributed by atoms with Gasteiger partial charge in [0, 0.05) is 19.2 Å². The lowest BCUT2D eigenvalue weighted by Gasteiger charge is -2.12. The van der Waals surface area contributed by atoms with Crippen LogP contribution in [-0.2, 0) is 6.54 Å². The van der Waals surface area contributed by atoms with Gasteiger partial charge in [-0.15, -0.1) is 10.2 Å². The molecule has 1 amide bonds. The first-order chi connectivity index (χ1) is 12.7. The SMILES string of the molecule is CNC(=O)c1ccc(NCc2ccccc2Oc2ccc(C)cc2)nn1. The molecule has 0 fully saturated rings. The van der Waals surface area contributed by atoms with Crippen molar-refractivity contribution >= 4 is 11.7 Å². The molecule has 0 saturated heterocycles. The minimum Gasteiger partial charge on any atom is -0.457 e. The predicted molar refractivity (Wildman–Crippen MR) is 100 cm³/mol. The van der Waals surface area contributed by atoms with E-state index in [1.165, 1.54) is 5.56 Å². The Bertz CT molecular complexity index is 877. The second kappa shape index (κ2) is 8.11. The Morgan fingerprint density at radius 2 is 1.77 bits per heavy atom. The number of para-hydroxylation sites is 1. The first-order valence-corrected chi connectivity index (χ1v) is 8.28. The molecular weight excluding hydrogens is 328 g/mol. The van der Waals surface area contributed by atoms with Gasteiger partial charge in [0.1, 0.15) is 17.3 Å². The van der Waals surface area contributed by atoms with Crippen LogP contribution in [0.3, 0.4) is 0 Å². The van der Waals surface area contributed by atoms with E-state index in [-0.39, 0.29) is 11.6 Å². The van der Waals surface area contributed by atoms with Crippen LogP contribution < -0.4 is 15.4 Å². The molecule has 0 unspecified atom stereocenters. The van der Waals surface area contributed by atoms with E-state index >= 15 is 0 Å². The van der Waals surface area contributed by atoms with Crippen LogP contribution in [0.4, 0.5) is 5.82 Å². The molecule has 0 saturated carbocycles. The first-order valence-electron chi connectivity index (χ1n) is 8.28. The summed E-state index contributed by atoms with van der Waals surface area (Å²) in [5.41, 5.74) is 2.46. The van der Waals surface area contributed by atoms with E-state index in [9.17, 15) is 4.79 Å². The molecule has 132 valence electrons. The second-order valence-corrected chi connectivity index (χ2v) is 5.76. The van der Waals surface area contributed by atoms with E-state index in [0.717, 1.165) is 17.1 Å². The van der Waals surface area contributed by atoms with Gasteiger partial charge < -0.3 is 15.4 Å². The fourth-order valence-corrected chi connectivity index (χ4v) is 2.34. The molecule has 1 heterocycles. The maximum atomic E-state index is 11.5. The highest BCUT2D eigenvalue weighted by molar-refractivity contribution is 5.91. The van der Waals surface area contributed by atoms with Gasteiger partial charge in [0.15, 0.2) is 5.69 Å². The summed E-state index contributed by atoms with van der Waals surface area (Å²) in [5, 5.41) is 13.6. The largest absolute Gasteiger partial charge is 0.457 e. The third kappa shape index (κ3) is 4.36. The Balaban J connectivity index is 1.68. The number of aromatic nitrogens is 2. The summed E-state index contributed by atoms with van der Waals surface area (Å²) < 4.78 is 5.99. The van der Waals surface area contributed by atoms with Crippen LogP contribution in [-0.4, -0.2) is 23.2 Å². The van der Waals surface area contributed by atoms with Gasteiger partial charge in [0.05, 0.1) is 0 Å². The summed E-state index contributed by atoms with van der Waals surface area (Å²) in [6.45, 7) is 2.56. The molecule has 0 atom stereocenters. The Kier molecular flexibility index (Phi) is 5.43. The summed E-state index contributed by atoms with van der Waals surface area (Å²) >= 11 is 0. The number of benzene rings is 2. The van der Waals surface area contributed by atoms with Crippen molar-refractivity contribution in [3.8, 4) is 11.5 Å². The number of nitrogens with zero attached hydrogens (tertiary/aromatic N) is 2. The maximum absolute atomic E-state index is 11.5. The van der Waals surface area contributed by atoms with Crippen LogP contribution in [0.15, 0.2) is 60.7 Å². The third-order valence-corrected chi connectivity index (χ3v) is 3.81. The standard InChI is InChI=1S/C20H20N4O2/c1-14-7-9-16(10-8-14)26-18-6-4-3-5-15(18)13-22-19-12-11-17(23-24-19)20(25)21-2/h3-12H,13H2,1-2H3,(H,21,25)(H,22,24). The summed E-state index contributed by atoms with van der Waals surface area (Å²) in [7, 11) is 1.56. The van der Waals surface area contributed by atoms with E-state index in [4.69, 9.17) is 4.74 Å². The number of nitrogens with one attached hydrogen (secondary N) is 2. The molecule has 6 nitrogen and oxygen atoms in total. The minimum absolute atomic E-state index is 0.263. The van der Waals surface area contributed by atoms with Crippen molar-refractivity contribution in [2.24, 2.45) is 0 Å². The van der Waals surface area contributed by atoms with Gasteiger partial charge in [0.25, 0.3) is 5.91 Å². The molecule has 0 aliphatic carbocycles. The Morgan fingerprint density at radius 1 is 1.00 bits per heavy atom. The molecule has 0 radical (unpaired) electrons. The van der Waals surface area contributed by atoms with Gasteiger partial charge in [-0.05, 0) is 37.3 Å². The topological polar surface area (TPSA) is 76.1 Å². The average Bonchev–Trinajstić information content (AvgIpc) is 2.69. The smallest absolute Gasteiger partial charge is 0.271 e. The van der Waals surface area contributed by atoms with E-state index in [0.29, 0.717) is 12.4 Å². The van der Waals surface area contributed by atoms with Crippen molar-refractivity contribution in [2.45, 2.75) is 13.5 Å². The number of anilines is 1. The molecule has 3 rings (SSSR count). The van der Waals surface area contributed by atoms with Crippen molar-refractivity contribution < 1.29 is 9.53 Å². The first kappa shape index (κ1) is 17.4. The second-order valence-electron chi connectivity index (χ2n) is 5.76. The van der Waals surface area contributed by atoms with E-state index in [2.05, 4.69) is 20.8 Å². The highest BCUT2D eigenvalue weighted by Gasteiger charge is 2.07. The lowest BCUT2D eigenvalue weighted by Crippen LogP contribution is -2.19. The number of ether oxygens (including phenoxy) is 1.